The van der Waals surface area contributed by atoms with Crippen molar-refractivity contribution in [3.8, 4) is 16.8 Å². The second-order valence-corrected chi connectivity index (χ2v) is 8.93. The van der Waals surface area contributed by atoms with Crippen LogP contribution >= 0.6 is 0 Å². The molecule has 1 heterocycles. The molecule has 4 aromatic rings. The number of rotatable bonds is 7. The van der Waals surface area contributed by atoms with Gasteiger partial charge >= 0.3 is 12.1 Å². The first-order chi connectivity index (χ1) is 17.5. The Kier molecular flexibility index (Phi) is 6.29. The van der Waals surface area contributed by atoms with Crippen LogP contribution in [-0.2, 0) is 19.7 Å². The number of aromatic nitrogens is 2. The molecule has 1 unspecified atom stereocenters. The van der Waals surface area contributed by atoms with Gasteiger partial charge in [-0.2, -0.15) is 0 Å². The van der Waals surface area contributed by atoms with Crippen LogP contribution in [0, 0.1) is 0 Å². The Balaban J connectivity index is 1.22. The van der Waals surface area contributed by atoms with Crippen molar-refractivity contribution < 1.29 is 19.1 Å². The molecule has 3 aromatic carbocycles. The molecule has 1 amide bonds. The van der Waals surface area contributed by atoms with E-state index in [1.165, 1.54) is 7.11 Å². The Hall–Kier alpha value is -4.39. The molecule has 0 aliphatic heterocycles. The van der Waals surface area contributed by atoms with Crippen molar-refractivity contribution in [1.82, 2.24) is 9.78 Å². The van der Waals surface area contributed by atoms with Crippen molar-refractivity contribution in [1.29, 1.82) is 0 Å². The summed E-state index contributed by atoms with van der Waals surface area (Å²) in [6.07, 6.45) is 2.51. The molecule has 5 rings (SSSR count). The van der Waals surface area contributed by atoms with Gasteiger partial charge in [0.15, 0.2) is 5.82 Å². The van der Waals surface area contributed by atoms with Crippen molar-refractivity contribution in [3.63, 3.8) is 0 Å². The van der Waals surface area contributed by atoms with Crippen LogP contribution in [0.5, 0.6) is 0 Å². The van der Waals surface area contributed by atoms with Crippen LogP contribution in [-0.4, -0.2) is 29.0 Å². The van der Waals surface area contributed by atoms with E-state index in [1.54, 1.807) is 16.9 Å². The van der Waals surface area contributed by atoms with Crippen LogP contribution in [0.4, 0.5) is 10.6 Å². The van der Waals surface area contributed by atoms with Crippen molar-refractivity contribution in [2.75, 3.05) is 12.4 Å². The summed E-state index contributed by atoms with van der Waals surface area (Å²) in [4.78, 5) is 24.4. The van der Waals surface area contributed by atoms with Gasteiger partial charge in [-0.1, -0.05) is 66.7 Å². The number of hydrogen-bond donors (Lipinski definition) is 1. The number of nitrogens with one attached hydrogen (secondary N) is 1. The van der Waals surface area contributed by atoms with E-state index in [0.717, 1.165) is 40.8 Å². The van der Waals surface area contributed by atoms with Crippen molar-refractivity contribution >= 4 is 17.9 Å². The molecule has 0 saturated heterocycles. The average Bonchev–Trinajstić information content (AvgIpc) is 3.61. The topological polar surface area (TPSA) is 82.5 Å². The lowest BCUT2D eigenvalue weighted by molar-refractivity contribution is -0.143. The van der Waals surface area contributed by atoms with Gasteiger partial charge in [0.25, 0.3) is 0 Å². The Bertz CT molecular complexity index is 1360. The monoisotopic (exact) mass is 481 g/mol. The van der Waals surface area contributed by atoms with Gasteiger partial charge in [-0.3, -0.25) is 10.1 Å². The first kappa shape index (κ1) is 23.4. The van der Waals surface area contributed by atoms with E-state index in [1.807, 2.05) is 85.8 Å². The van der Waals surface area contributed by atoms with Gasteiger partial charge < -0.3 is 9.47 Å². The standard InChI is InChI=1S/C29H27N3O4/c1-20(21-6-4-3-5-7-21)36-28(34)30-26-16-19-32(31-26)25-14-10-23(11-15-25)22-8-12-24(13-9-22)29(17-18-29)27(33)35-2/h3-16,19-20H,17-18H2,1-2H3,(H,30,31,34). The molecule has 1 fully saturated rings. The van der Waals surface area contributed by atoms with Crippen LogP contribution in [0.1, 0.15) is 37.0 Å². The van der Waals surface area contributed by atoms with Crippen molar-refractivity contribution in [2.45, 2.75) is 31.3 Å². The molecule has 1 aliphatic rings. The summed E-state index contributed by atoms with van der Waals surface area (Å²) >= 11 is 0. The van der Waals surface area contributed by atoms with E-state index < -0.39 is 11.5 Å². The average molecular weight is 482 g/mol. The summed E-state index contributed by atoms with van der Waals surface area (Å²) in [5.41, 5.74) is 4.43. The number of methoxy groups -OCH3 is 1. The first-order valence-electron chi connectivity index (χ1n) is 11.9. The maximum absolute atomic E-state index is 12.3. The van der Waals surface area contributed by atoms with Crippen LogP contribution in [0.25, 0.3) is 16.8 Å². The summed E-state index contributed by atoms with van der Waals surface area (Å²) in [5, 5.41) is 7.11. The smallest absolute Gasteiger partial charge is 0.413 e. The minimum absolute atomic E-state index is 0.161. The minimum atomic E-state index is -0.560. The predicted octanol–water partition coefficient (Wildman–Crippen LogP) is 6.05. The Morgan fingerprint density at radius 2 is 1.56 bits per heavy atom. The number of ether oxygens (including phenoxy) is 2. The Morgan fingerprint density at radius 1 is 0.917 bits per heavy atom. The largest absolute Gasteiger partial charge is 0.468 e. The SMILES string of the molecule is COC(=O)C1(c2ccc(-c3ccc(-n4ccc(NC(=O)OC(C)c5ccccc5)n4)cc3)cc2)CC1. The summed E-state index contributed by atoms with van der Waals surface area (Å²) in [6, 6.07) is 27.3. The van der Waals surface area contributed by atoms with Crippen LogP contribution < -0.4 is 5.32 Å². The Labute approximate surface area is 209 Å². The van der Waals surface area contributed by atoms with Crippen LogP contribution in [0.15, 0.2) is 91.1 Å². The zero-order valence-corrected chi connectivity index (χ0v) is 20.2. The Morgan fingerprint density at radius 3 is 2.17 bits per heavy atom. The molecule has 182 valence electrons. The number of hydrogen-bond acceptors (Lipinski definition) is 5. The second kappa shape index (κ2) is 9.70. The van der Waals surface area contributed by atoms with Crippen molar-refractivity contribution in [3.05, 3.63) is 102 Å². The predicted molar refractivity (Wildman–Crippen MR) is 137 cm³/mol. The fourth-order valence-corrected chi connectivity index (χ4v) is 4.34. The molecule has 1 atom stereocenters. The van der Waals surface area contributed by atoms with Gasteiger partial charge in [-0.05, 0) is 54.2 Å². The van der Waals surface area contributed by atoms with Gasteiger partial charge in [0.1, 0.15) is 6.10 Å². The number of carbonyl (C=O) groups excluding carboxylic acids is 2. The van der Waals surface area contributed by atoms with E-state index in [0.29, 0.717) is 5.82 Å². The molecule has 0 radical (unpaired) electrons. The lowest BCUT2D eigenvalue weighted by Gasteiger charge is -2.13. The maximum Gasteiger partial charge on any atom is 0.413 e. The highest BCUT2D eigenvalue weighted by Gasteiger charge is 2.52. The van der Waals surface area contributed by atoms with E-state index in [-0.39, 0.29) is 12.1 Å². The second-order valence-electron chi connectivity index (χ2n) is 8.93. The third kappa shape index (κ3) is 4.73. The van der Waals surface area contributed by atoms with E-state index in [2.05, 4.69) is 10.4 Å². The summed E-state index contributed by atoms with van der Waals surface area (Å²) in [5.74, 6) is 0.242. The van der Waals surface area contributed by atoms with E-state index >= 15 is 0 Å². The van der Waals surface area contributed by atoms with E-state index in [9.17, 15) is 9.59 Å². The highest BCUT2D eigenvalue weighted by Crippen LogP contribution is 2.49. The minimum Gasteiger partial charge on any atom is -0.468 e. The number of carbonyl (C=O) groups is 2. The molecule has 36 heavy (non-hydrogen) atoms. The highest BCUT2D eigenvalue weighted by atomic mass is 16.6. The van der Waals surface area contributed by atoms with Crippen molar-refractivity contribution in [2.24, 2.45) is 0 Å². The van der Waals surface area contributed by atoms with Gasteiger partial charge in [0.2, 0.25) is 0 Å². The third-order valence-corrected chi connectivity index (χ3v) is 6.60. The normalized spacial score (nSPS) is 14.5. The number of benzene rings is 3. The fraction of sp³-hybridized carbons (Fsp3) is 0.207. The summed E-state index contributed by atoms with van der Waals surface area (Å²) in [6.45, 7) is 1.83. The highest BCUT2D eigenvalue weighted by molar-refractivity contribution is 5.87. The maximum atomic E-state index is 12.3. The number of amides is 1. The van der Waals surface area contributed by atoms with E-state index in [4.69, 9.17) is 9.47 Å². The zero-order chi connectivity index (χ0) is 25.1. The van der Waals surface area contributed by atoms with Crippen LogP contribution in [0.3, 0.4) is 0 Å². The molecular weight excluding hydrogens is 454 g/mol. The van der Waals surface area contributed by atoms with Gasteiger partial charge in [0.05, 0.1) is 18.2 Å². The van der Waals surface area contributed by atoms with Gasteiger partial charge in [0, 0.05) is 12.3 Å². The third-order valence-electron chi connectivity index (χ3n) is 6.60. The molecule has 0 spiro atoms. The number of anilines is 1. The summed E-state index contributed by atoms with van der Waals surface area (Å²) < 4.78 is 12.1. The quantitative estimate of drug-likeness (QED) is 0.325. The van der Waals surface area contributed by atoms with Gasteiger partial charge in [-0.25, -0.2) is 9.48 Å². The zero-order valence-electron chi connectivity index (χ0n) is 20.2. The molecule has 7 nitrogen and oxygen atoms in total. The van der Waals surface area contributed by atoms with Gasteiger partial charge in [-0.15, -0.1) is 5.10 Å². The lowest BCUT2D eigenvalue weighted by atomic mass is 9.94. The molecular formula is C29H27N3O4. The molecule has 1 aliphatic carbocycles. The molecule has 1 saturated carbocycles. The number of nitrogens with zero attached hydrogens (tertiary/aromatic N) is 2. The van der Waals surface area contributed by atoms with Crippen LogP contribution in [0.2, 0.25) is 0 Å². The fourth-order valence-electron chi connectivity index (χ4n) is 4.34. The first-order valence-corrected chi connectivity index (χ1v) is 11.9. The summed E-state index contributed by atoms with van der Waals surface area (Å²) in [7, 11) is 1.44. The lowest BCUT2D eigenvalue weighted by Crippen LogP contribution is -2.21. The molecule has 1 aromatic heterocycles. The molecule has 1 N–H and O–H groups in total. The molecule has 7 heteroatoms. The molecule has 0 bridgehead atoms. The number of esters is 1.